The molecule has 1 saturated heterocycles. The van der Waals surface area contributed by atoms with Gasteiger partial charge in [0.05, 0.1) is 19.8 Å². The molecule has 28 heavy (non-hydrogen) atoms. The quantitative estimate of drug-likeness (QED) is 0.496. The third kappa shape index (κ3) is 6.63. The Morgan fingerprint density at radius 1 is 1.32 bits per heavy atom. The number of pyridine rings is 1. The third-order valence-electron chi connectivity index (χ3n) is 5.41. The summed E-state index contributed by atoms with van der Waals surface area (Å²) in [6, 6.07) is 4.48. The molecule has 0 bridgehead atoms. The van der Waals surface area contributed by atoms with Crippen LogP contribution >= 0.6 is 0 Å². The fourth-order valence-electron chi connectivity index (χ4n) is 3.43. The van der Waals surface area contributed by atoms with Gasteiger partial charge >= 0.3 is 0 Å². The zero-order chi connectivity index (χ0) is 19.8. The minimum absolute atomic E-state index is 0.464. The Hall–Kier alpha value is -1.86. The highest BCUT2D eigenvalue weighted by Gasteiger charge is 2.24. The zero-order valence-corrected chi connectivity index (χ0v) is 17.5. The Bertz CT molecular complexity index is 627. The molecular formula is C21H35N5O2. The molecule has 7 nitrogen and oxygen atoms in total. The number of guanidine groups is 1. The number of hydrogen-bond acceptors (Lipinski definition) is 5. The largest absolute Gasteiger partial charge is 0.477 e. The van der Waals surface area contributed by atoms with E-state index in [1.165, 1.54) is 12.8 Å². The van der Waals surface area contributed by atoms with Gasteiger partial charge in [-0.1, -0.05) is 13.8 Å². The second kappa shape index (κ2) is 10.6. The van der Waals surface area contributed by atoms with Crippen LogP contribution in [0, 0.1) is 11.8 Å². The van der Waals surface area contributed by atoms with Gasteiger partial charge in [0.25, 0.3) is 0 Å². The first-order valence-electron chi connectivity index (χ1n) is 10.5. The average Bonchev–Trinajstić information content (AvgIpc) is 3.54. The number of hydrogen-bond donors (Lipinski definition) is 2. The van der Waals surface area contributed by atoms with E-state index in [1.54, 1.807) is 0 Å². The normalized spacial score (nSPS) is 19.5. The lowest BCUT2D eigenvalue weighted by molar-refractivity contribution is 0.00752. The monoisotopic (exact) mass is 389 g/mol. The maximum Gasteiger partial charge on any atom is 0.213 e. The molecule has 1 aromatic rings. The van der Waals surface area contributed by atoms with E-state index in [4.69, 9.17) is 9.47 Å². The van der Waals surface area contributed by atoms with Crippen LogP contribution in [0.25, 0.3) is 0 Å². The number of aromatic nitrogens is 1. The zero-order valence-electron chi connectivity index (χ0n) is 17.5. The standard InChI is InChI=1S/C21H35N5O2/c1-16(2)19(26-8-10-27-11-9-26)14-25-21(22-3)24-13-18-6-7-23-20(12-18)28-15-17-4-5-17/h6-7,12,16-17,19H,4-5,8-11,13-15H2,1-3H3,(H2,22,24,25). The third-order valence-corrected chi connectivity index (χ3v) is 5.41. The molecule has 2 fully saturated rings. The van der Waals surface area contributed by atoms with Crippen LogP contribution in [-0.4, -0.2) is 68.4 Å². The van der Waals surface area contributed by atoms with Crippen LogP contribution in [-0.2, 0) is 11.3 Å². The summed E-state index contributed by atoms with van der Waals surface area (Å²) in [5.74, 6) is 2.82. The highest BCUT2D eigenvalue weighted by molar-refractivity contribution is 5.79. The van der Waals surface area contributed by atoms with E-state index in [0.717, 1.165) is 56.9 Å². The highest BCUT2D eigenvalue weighted by atomic mass is 16.5. The van der Waals surface area contributed by atoms with Gasteiger partial charge < -0.3 is 20.1 Å². The molecule has 0 radical (unpaired) electrons. The van der Waals surface area contributed by atoms with Crippen LogP contribution in [0.1, 0.15) is 32.3 Å². The van der Waals surface area contributed by atoms with E-state index in [1.807, 2.05) is 25.4 Å². The Kier molecular flexibility index (Phi) is 7.91. The summed E-state index contributed by atoms with van der Waals surface area (Å²) in [7, 11) is 1.81. The van der Waals surface area contributed by atoms with Crippen molar-refractivity contribution in [2.24, 2.45) is 16.8 Å². The minimum Gasteiger partial charge on any atom is -0.477 e. The molecule has 156 valence electrons. The fraction of sp³-hybridized carbons (Fsp3) is 0.714. The molecule has 1 aliphatic carbocycles. The van der Waals surface area contributed by atoms with Crippen molar-refractivity contribution in [1.29, 1.82) is 0 Å². The van der Waals surface area contributed by atoms with Gasteiger partial charge in [-0.15, -0.1) is 0 Å². The molecule has 2 N–H and O–H groups in total. The minimum atomic E-state index is 0.464. The first kappa shape index (κ1) is 20.9. The van der Waals surface area contributed by atoms with E-state index >= 15 is 0 Å². The lowest BCUT2D eigenvalue weighted by Gasteiger charge is -2.37. The van der Waals surface area contributed by atoms with Crippen LogP contribution < -0.4 is 15.4 Å². The molecule has 1 aliphatic heterocycles. The van der Waals surface area contributed by atoms with Gasteiger partial charge in [-0.25, -0.2) is 4.98 Å². The predicted molar refractivity (Wildman–Crippen MR) is 112 cm³/mol. The van der Waals surface area contributed by atoms with Gasteiger partial charge in [0.1, 0.15) is 0 Å². The fourth-order valence-corrected chi connectivity index (χ4v) is 3.43. The van der Waals surface area contributed by atoms with Crippen LogP contribution in [0.2, 0.25) is 0 Å². The molecule has 1 saturated carbocycles. The number of nitrogens with zero attached hydrogens (tertiary/aromatic N) is 3. The Morgan fingerprint density at radius 2 is 2.11 bits per heavy atom. The molecule has 1 aromatic heterocycles. The van der Waals surface area contributed by atoms with Crippen molar-refractivity contribution in [3.8, 4) is 5.88 Å². The Labute approximate surface area is 168 Å². The van der Waals surface area contributed by atoms with Crippen LogP contribution in [0.3, 0.4) is 0 Å². The van der Waals surface area contributed by atoms with Crippen molar-refractivity contribution < 1.29 is 9.47 Å². The second-order valence-electron chi connectivity index (χ2n) is 8.02. The summed E-state index contributed by atoms with van der Waals surface area (Å²) in [6.07, 6.45) is 4.37. The van der Waals surface area contributed by atoms with Crippen molar-refractivity contribution in [2.45, 2.75) is 39.3 Å². The molecule has 1 atom stereocenters. The summed E-state index contributed by atoms with van der Waals surface area (Å²) < 4.78 is 11.3. The topological polar surface area (TPSA) is 71.0 Å². The van der Waals surface area contributed by atoms with E-state index < -0.39 is 0 Å². The number of aliphatic imine (C=N–C) groups is 1. The second-order valence-corrected chi connectivity index (χ2v) is 8.02. The van der Waals surface area contributed by atoms with Crippen molar-refractivity contribution in [3.05, 3.63) is 23.9 Å². The van der Waals surface area contributed by atoms with Gasteiger partial charge in [0.15, 0.2) is 5.96 Å². The lowest BCUT2D eigenvalue weighted by atomic mass is 10.0. The summed E-state index contributed by atoms with van der Waals surface area (Å²) >= 11 is 0. The molecule has 7 heteroatoms. The highest BCUT2D eigenvalue weighted by Crippen LogP contribution is 2.29. The van der Waals surface area contributed by atoms with Crippen LogP contribution in [0.4, 0.5) is 0 Å². The van der Waals surface area contributed by atoms with Crippen molar-refractivity contribution in [1.82, 2.24) is 20.5 Å². The van der Waals surface area contributed by atoms with E-state index in [2.05, 4.69) is 39.4 Å². The van der Waals surface area contributed by atoms with Gasteiger partial charge in [-0.3, -0.25) is 9.89 Å². The summed E-state index contributed by atoms with van der Waals surface area (Å²) in [6.45, 7) is 10.5. The Balaban J connectivity index is 1.46. The molecule has 0 amide bonds. The first-order chi connectivity index (χ1) is 13.7. The molecule has 3 rings (SSSR count). The number of nitrogens with one attached hydrogen (secondary N) is 2. The van der Waals surface area contributed by atoms with Crippen molar-refractivity contribution in [3.63, 3.8) is 0 Å². The molecule has 2 aliphatic rings. The van der Waals surface area contributed by atoms with Gasteiger partial charge in [0.2, 0.25) is 5.88 Å². The maximum atomic E-state index is 5.78. The Morgan fingerprint density at radius 3 is 2.79 bits per heavy atom. The first-order valence-corrected chi connectivity index (χ1v) is 10.5. The number of morpholine rings is 1. The average molecular weight is 390 g/mol. The SMILES string of the molecule is CN=C(NCc1ccnc(OCC2CC2)c1)NCC(C(C)C)N1CCOCC1. The molecule has 0 spiro atoms. The van der Waals surface area contributed by atoms with Crippen molar-refractivity contribution >= 4 is 5.96 Å². The maximum absolute atomic E-state index is 5.78. The lowest BCUT2D eigenvalue weighted by Crippen LogP contribution is -2.52. The summed E-state index contributed by atoms with van der Waals surface area (Å²) in [5.41, 5.74) is 1.14. The summed E-state index contributed by atoms with van der Waals surface area (Å²) in [4.78, 5) is 11.2. The van der Waals surface area contributed by atoms with E-state index in [9.17, 15) is 0 Å². The van der Waals surface area contributed by atoms with E-state index in [-0.39, 0.29) is 0 Å². The number of ether oxygens (including phenoxy) is 2. The summed E-state index contributed by atoms with van der Waals surface area (Å²) in [5, 5.41) is 6.89. The van der Waals surface area contributed by atoms with Crippen molar-refractivity contribution in [2.75, 3.05) is 46.5 Å². The molecule has 2 heterocycles. The molecule has 1 unspecified atom stereocenters. The molecular weight excluding hydrogens is 354 g/mol. The number of rotatable bonds is 9. The molecule has 0 aromatic carbocycles. The van der Waals surface area contributed by atoms with Gasteiger partial charge in [-0.2, -0.15) is 0 Å². The predicted octanol–water partition coefficient (Wildman–Crippen LogP) is 1.89. The smallest absolute Gasteiger partial charge is 0.213 e. The van der Waals surface area contributed by atoms with Crippen LogP contribution in [0.15, 0.2) is 23.3 Å². The van der Waals surface area contributed by atoms with Gasteiger partial charge in [0, 0.05) is 51.5 Å². The van der Waals surface area contributed by atoms with E-state index in [0.29, 0.717) is 24.4 Å². The van der Waals surface area contributed by atoms with Gasteiger partial charge in [-0.05, 0) is 36.3 Å². The van der Waals surface area contributed by atoms with Crippen LogP contribution in [0.5, 0.6) is 5.88 Å².